The van der Waals surface area contributed by atoms with E-state index in [4.69, 9.17) is 11.6 Å². The van der Waals surface area contributed by atoms with Gasteiger partial charge in [0.15, 0.2) is 12.1 Å². The third-order valence-corrected chi connectivity index (χ3v) is 2.78. The summed E-state index contributed by atoms with van der Waals surface area (Å²) in [5, 5.41) is 9.91. The lowest BCUT2D eigenvalue weighted by Gasteiger charge is -2.03. The largest absolute Gasteiger partial charge is 0.507 e. The molecule has 18 heavy (non-hydrogen) atoms. The third kappa shape index (κ3) is 2.41. The van der Waals surface area contributed by atoms with Crippen LogP contribution >= 0.6 is 11.6 Å². The molecule has 4 heteroatoms. The molecule has 0 heterocycles. The first-order valence-corrected chi connectivity index (χ1v) is 5.58. The van der Waals surface area contributed by atoms with Gasteiger partial charge in [-0.15, -0.1) is 0 Å². The number of benzene rings is 2. The van der Waals surface area contributed by atoms with Gasteiger partial charge < -0.3 is 5.11 Å². The van der Waals surface area contributed by atoms with E-state index in [9.17, 15) is 14.7 Å². The van der Waals surface area contributed by atoms with E-state index in [2.05, 4.69) is 0 Å². The van der Waals surface area contributed by atoms with Gasteiger partial charge in [-0.3, -0.25) is 9.59 Å². The van der Waals surface area contributed by atoms with Crippen molar-refractivity contribution in [1.29, 1.82) is 0 Å². The lowest BCUT2D eigenvalue weighted by atomic mass is 10.0. The molecule has 0 saturated carbocycles. The maximum atomic E-state index is 12.1. The second kappa shape index (κ2) is 5.02. The lowest BCUT2D eigenvalue weighted by molar-refractivity contribution is 0.103. The van der Waals surface area contributed by atoms with Crippen molar-refractivity contribution in [1.82, 2.24) is 0 Å². The first-order chi connectivity index (χ1) is 8.61. The summed E-state index contributed by atoms with van der Waals surface area (Å²) in [6, 6.07) is 10.6. The Labute approximate surface area is 109 Å². The van der Waals surface area contributed by atoms with Crippen molar-refractivity contribution in [3.05, 3.63) is 64.2 Å². The van der Waals surface area contributed by atoms with Crippen LogP contribution in [-0.4, -0.2) is 17.2 Å². The van der Waals surface area contributed by atoms with Crippen LogP contribution in [0.15, 0.2) is 42.5 Å². The summed E-state index contributed by atoms with van der Waals surface area (Å²) in [4.78, 5) is 22.8. The van der Waals surface area contributed by atoms with Crippen LogP contribution in [0, 0.1) is 0 Å². The molecular formula is C14H9ClO3. The fraction of sp³-hybridized carbons (Fsp3) is 0. The molecule has 0 unspecified atom stereocenters. The number of ketones is 1. The zero-order chi connectivity index (χ0) is 13.1. The SMILES string of the molecule is O=Cc1cc(C(=O)c2ccc(Cl)cc2)ccc1O. The molecule has 0 spiro atoms. The van der Waals surface area contributed by atoms with Gasteiger partial charge in [-0.2, -0.15) is 0 Å². The Kier molecular flexibility index (Phi) is 3.44. The van der Waals surface area contributed by atoms with Crippen molar-refractivity contribution in [2.45, 2.75) is 0 Å². The van der Waals surface area contributed by atoms with E-state index in [1.54, 1.807) is 24.3 Å². The summed E-state index contributed by atoms with van der Waals surface area (Å²) >= 11 is 5.74. The summed E-state index contributed by atoms with van der Waals surface area (Å²) in [6.07, 6.45) is 0.508. The van der Waals surface area contributed by atoms with Gasteiger partial charge in [-0.25, -0.2) is 0 Å². The van der Waals surface area contributed by atoms with Gasteiger partial charge in [-0.1, -0.05) is 11.6 Å². The molecule has 0 radical (unpaired) electrons. The number of carbonyl (C=O) groups excluding carboxylic acids is 2. The van der Waals surface area contributed by atoms with Crippen molar-refractivity contribution in [3.8, 4) is 5.75 Å². The quantitative estimate of drug-likeness (QED) is 0.682. The third-order valence-electron chi connectivity index (χ3n) is 2.52. The van der Waals surface area contributed by atoms with Crippen molar-refractivity contribution in [3.63, 3.8) is 0 Å². The zero-order valence-corrected chi connectivity index (χ0v) is 10.0. The minimum atomic E-state index is -0.227. The molecule has 0 aromatic heterocycles. The number of aromatic hydroxyl groups is 1. The second-order valence-corrected chi connectivity index (χ2v) is 4.16. The average Bonchev–Trinajstić information content (AvgIpc) is 2.39. The number of phenols is 1. The Balaban J connectivity index is 2.39. The van der Waals surface area contributed by atoms with E-state index in [0.29, 0.717) is 22.4 Å². The van der Waals surface area contributed by atoms with Gasteiger partial charge >= 0.3 is 0 Å². The van der Waals surface area contributed by atoms with Crippen molar-refractivity contribution in [2.24, 2.45) is 0 Å². The molecule has 90 valence electrons. The number of aldehydes is 1. The summed E-state index contributed by atoms with van der Waals surface area (Å²) in [5.41, 5.74) is 0.911. The predicted molar refractivity (Wildman–Crippen MR) is 68.4 cm³/mol. The van der Waals surface area contributed by atoms with Crippen LogP contribution in [0.25, 0.3) is 0 Å². The van der Waals surface area contributed by atoms with Gasteiger partial charge in [-0.05, 0) is 42.5 Å². The van der Waals surface area contributed by atoms with E-state index in [1.165, 1.54) is 18.2 Å². The molecule has 1 N–H and O–H groups in total. The van der Waals surface area contributed by atoms with Crippen LogP contribution in [0.2, 0.25) is 5.02 Å². The summed E-state index contributed by atoms with van der Waals surface area (Å²) in [7, 11) is 0. The summed E-state index contributed by atoms with van der Waals surface area (Å²) < 4.78 is 0. The molecule has 2 rings (SSSR count). The Morgan fingerprint density at radius 2 is 1.67 bits per heavy atom. The van der Waals surface area contributed by atoms with E-state index < -0.39 is 0 Å². The lowest BCUT2D eigenvalue weighted by Crippen LogP contribution is -2.01. The minimum absolute atomic E-state index is 0.0924. The molecule has 2 aromatic carbocycles. The number of phenolic OH excluding ortho intramolecular Hbond substituents is 1. The molecular weight excluding hydrogens is 252 g/mol. The molecule has 0 aliphatic rings. The molecule has 0 bridgehead atoms. The first kappa shape index (κ1) is 12.3. The fourth-order valence-electron chi connectivity index (χ4n) is 1.56. The Morgan fingerprint density at radius 1 is 1.06 bits per heavy atom. The van der Waals surface area contributed by atoms with E-state index in [-0.39, 0.29) is 17.1 Å². The van der Waals surface area contributed by atoms with Crippen LogP contribution in [0.1, 0.15) is 26.3 Å². The highest BCUT2D eigenvalue weighted by molar-refractivity contribution is 6.30. The predicted octanol–water partition coefficient (Wildman–Crippen LogP) is 3.09. The zero-order valence-electron chi connectivity index (χ0n) is 9.26. The van der Waals surface area contributed by atoms with Gasteiger partial charge in [0.1, 0.15) is 5.75 Å². The topological polar surface area (TPSA) is 54.4 Å². The van der Waals surface area contributed by atoms with Gasteiger partial charge in [0, 0.05) is 16.1 Å². The normalized spacial score (nSPS) is 10.1. The number of carbonyl (C=O) groups is 2. The van der Waals surface area contributed by atoms with Crippen LogP contribution in [0.3, 0.4) is 0 Å². The molecule has 0 saturated heterocycles. The monoisotopic (exact) mass is 260 g/mol. The van der Waals surface area contributed by atoms with Gasteiger partial charge in [0.05, 0.1) is 5.56 Å². The molecule has 0 atom stereocenters. The first-order valence-electron chi connectivity index (χ1n) is 5.20. The van der Waals surface area contributed by atoms with Crippen molar-refractivity contribution < 1.29 is 14.7 Å². The smallest absolute Gasteiger partial charge is 0.193 e. The average molecular weight is 261 g/mol. The number of hydrogen-bond donors (Lipinski definition) is 1. The highest BCUT2D eigenvalue weighted by Gasteiger charge is 2.11. The van der Waals surface area contributed by atoms with Crippen molar-refractivity contribution in [2.75, 3.05) is 0 Å². The molecule has 3 nitrogen and oxygen atoms in total. The maximum Gasteiger partial charge on any atom is 0.193 e. The molecule has 0 aliphatic carbocycles. The standard InChI is InChI=1S/C14H9ClO3/c15-12-4-1-9(2-5-12)14(18)10-3-6-13(17)11(7-10)8-16/h1-8,17H. The molecule has 0 aliphatic heterocycles. The van der Waals surface area contributed by atoms with E-state index in [1.807, 2.05) is 0 Å². The van der Waals surface area contributed by atoms with Crippen LogP contribution < -0.4 is 0 Å². The number of halogens is 1. The molecule has 2 aromatic rings. The summed E-state index contributed by atoms with van der Waals surface area (Å²) in [6.45, 7) is 0. The van der Waals surface area contributed by atoms with Crippen LogP contribution in [0.4, 0.5) is 0 Å². The number of rotatable bonds is 3. The van der Waals surface area contributed by atoms with Gasteiger partial charge in [0.2, 0.25) is 0 Å². The highest BCUT2D eigenvalue weighted by Crippen LogP contribution is 2.19. The maximum absolute atomic E-state index is 12.1. The molecule has 0 amide bonds. The number of hydrogen-bond acceptors (Lipinski definition) is 3. The Bertz CT molecular complexity index is 603. The Morgan fingerprint density at radius 3 is 2.28 bits per heavy atom. The van der Waals surface area contributed by atoms with Crippen LogP contribution in [-0.2, 0) is 0 Å². The van der Waals surface area contributed by atoms with Gasteiger partial charge in [0.25, 0.3) is 0 Å². The van der Waals surface area contributed by atoms with Crippen LogP contribution in [0.5, 0.6) is 5.75 Å². The minimum Gasteiger partial charge on any atom is -0.507 e. The van der Waals surface area contributed by atoms with E-state index in [0.717, 1.165) is 0 Å². The second-order valence-electron chi connectivity index (χ2n) is 3.73. The Hall–Kier alpha value is -2.13. The fourth-order valence-corrected chi connectivity index (χ4v) is 1.68. The molecule has 0 fully saturated rings. The van der Waals surface area contributed by atoms with Crippen molar-refractivity contribution >= 4 is 23.7 Å². The van der Waals surface area contributed by atoms with E-state index >= 15 is 0 Å². The highest BCUT2D eigenvalue weighted by atomic mass is 35.5. The summed E-state index contributed by atoms with van der Waals surface area (Å²) in [5.74, 6) is -0.368.